The highest BCUT2D eigenvalue weighted by Crippen LogP contribution is 2.33. The molecule has 2 heterocycles. The molecule has 11 heteroatoms. The number of halogens is 3. The van der Waals surface area contributed by atoms with Crippen LogP contribution in [0.3, 0.4) is 0 Å². The summed E-state index contributed by atoms with van der Waals surface area (Å²) in [5.41, 5.74) is 8.35. The minimum atomic E-state index is -5.08. The monoisotopic (exact) mass is 389 g/mol. The van der Waals surface area contributed by atoms with E-state index >= 15 is 0 Å². The van der Waals surface area contributed by atoms with E-state index < -0.39 is 24.2 Å². The van der Waals surface area contributed by atoms with Crippen molar-refractivity contribution in [2.24, 2.45) is 5.73 Å². The minimum Gasteiger partial charge on any atom is -0.497 e. The highest BCUT2D eigenvalue weighted by Gasteiger charge is 2.38. The first-order valence-corrected chi connectivity index (χ1v) is 7.76. The van der Waals surface area contributed by atoms with E-state index in [2.05, 4.69) is 10.3 Å². The summed E-state index contributed by atoms with van der Waals surface area (Å²) in [6.07, 6.45) is -4.37. The van der Waals surface area contributed by atoms with E-state index in [1.165, 1.54) is 0 Å². The van der Waals surface area contributed by atoms with E-state index in [0.29, 0.717) is 18.7 Å². The number of H-pyrrole nitrogens is 1. The van der Waals surface area contributed by atoms with Crippen molar-refractivity contribution in [3.05, 3.63) is 29.5 Å². The average Bonchev–Trinajstić information content (AvgIpc) is 2.97. The van der Waals surface area contributed by atoms with E-state index in [9.17, 15) is 23.1 Å². The van der Waals surface area contributed by atoms with Gasteiger partial charge in [-0.3, -0.25) is 10.1 Å². The van der Waals surface area contributed by atoms with E-state index in [4.69, 9.17) is 20.4 Å². The number of carboxylic acid groups (broad SMARTS) is 2. The number of nitrogens with one attached hydrogen (secondary N) is 2. The molecule has 8 nitrogen and oxygen atoms in total. The molecule has 1 aromatic heterocycles. The third kappa shape index (κ3) is 4.49. The molecule has 0 bridgehead atoms. The van der Waals surface area contributed by atoms with Gasteiger partial charge < -0.3 is 25.7 Å². The van der Waals surface area contributed by atoms with Gasteiger partial charge in [-0.1, -0.05) is 0 Å². The van der Waals surface area contributed by atoms with E-state index in [1.54, 1.807) is 7.11 Å². The van der Waals surface area contributed by atoms with Crippen LogP contribution < -0.4 is 15.8 Å². The molecule has 0 saturated carbocycles. The smallest absolute Gasteiger partial charge is 0.490 e. The van der Waals surface area contributed by atoms with Crippen molar-refractivity contribution in [1.29, 1.82) is 0 Å². The number of carboxylic acids is 2. The van der Waals surface area contributed by atoms with Crippen molar-refractivity contribution in [3.8, 4) is 5.75 Å². The van der Waals surface area contributed by atoms with E-state index in [0.717, 1.165) is 22.2 Å². The van der Waals surface area contributed by atoms with Crippen LogP contribution in [0, 0.1) is 0 Å². The van der Waals surface area contributed by atoms with Gasteiger partial charge in [-0.2, -0.15) is 13.2 Å². The molecule has 1 aliphatic rings. The summed E-state index contributed by atoms with van der Waals surface area (Å²) in [7, 11) is 1.62. The molecule has 27 heavy (non-hydrogen) atoms. The first-order valence-electron chi connectivity index (χ1n) is 7.76. The molecule has 0 spiro atoms. The zero-order valence-corrected chi connectivity index (χ0v) is 14.1. The highest BCUT2D eigenvalue weighted by atomic mass is 19.4. The number of carbonyl (C=O) groups is 2. The predicted molar refractivity (Wildman–Crippen MR) is 88.6 cm³/mol. The van der Waals surface area contributed by atoms with Crippen molar-refractivity contribution >= 4 is 22.8 Å². The number of aromatic amines is 1. The third-order valence-electron chi connectivity index (χ3n) is 4.06. The molecular formula is C16H18F3N3O5. The topological polar surface area (TPSA) is 138 Å². The number of hydrogen-bond acceptors (Lipinski definition) is 5. The van der Waals surface area contributed by atoms with Crippen LogP contribution in [0.4, 0.5) is 13.2 Å². The van der Waals surface area contributed by atoms with Gasteiger partial charge in [0.15, 0.2) is 0 Å². The molecule has 2 atom stereocenters. The zero-order valence-electron chi connectivity index (χ0n) is 14.1. The second kappa shape index (κ2) is 7.84. The Bertz CT molecular complexity index is 850. The first-order chi connectivity index (χ1) is 12.6. The Kier molecular flexibility index (Phi) is 5.96. The van der Waals surface area contributed by atoms with Crippen molar-refractivity contribution in [2.45, 2.75) is 24.7 Å². The van der Waals surface area contributed by atoms with Crippen molar-refractivity contribution < 1.29 is 37.7 Å². The van der Waals surface area contributed by atoms with Crippen LogP contribution in [-0.2, 0) is 16.0 Å². The molecule has 148 valence electrons. The number of alkyl halides is 3. The molecule has 6 N–H and O–H groups in total. The molecule has 0 saturated heterocycles. The number of hydrogen-bond donors (Lipinski definition) is 5. The molecule has 0 fully saturated rings. The van der Waals surface area contributed by atoms with Gasteiger partial charge in [0.25, 0.3) is 0 Å². The van der Waals surface area contributed by atoms with Crippen LogP contribution in [0.25, 0.3) is 10.9 Å². The molecule has 1 aromatic carbocycles. The number of ether oxygens (including phenoxy) is 1. The van der Waals surface area contributed by atoms with Crippen molar-refractivity contribution in [3.63, 3.8) is 0 Å². The first kappa shape index (κ1) is 20.5. The molecule has 1 aliphatic heterocycles. The van der Waals surface area contributed by atoms with Gasteiger partial charge in [-0.05, 0) is 30.2 Å². The molecule has 0 radical (unpaired) electrons. The summed E-state index contributed by atoms with van der Waals surface area (Å²) in [6, 6.07) is 4.92. The number of rotatable bonds is 3. The molecule has 0 amide bonds. The van der Waals surface area contributed by atoms with Crippen LogP contribution in [0.5, 0.6) is 5.75 Å². The zero-order chi connectivity index (χ0) is 20.4. The highest BCUT2D eigenvalue weighted by molar-refractivity contribution is 5.89. The fourth-order valence-corrected chi connectivity index (χ4v) is 2.81. The summed E-state index contributed by atoms with van der Waals surface area (Å²) in [5.74, 6) is -2.90. The van der Waals surface area contributed by atoms with Gasteiger partial charge in [-0.15, -0.1) is 0 Å². The van der Waals surface area contributed by atoms with Gasteiger partial charge >= 0.3 is 18.1 Å². The maximum atomic E-state index is 11.4. The minimum absolute atomic E-state index is 0.0335. The number of fused-ring (bicyclic) bond motifs is 3. The van der Waals surface area contributed by atoms with Crippen LogP contribution in [0.2, 0.25) is 0 Å². The number of nitrogens with two attached hydrogens (primary N) is 1. The van der Waals surface area contributed by atoms with Crippen LogP contribution in [0.1, 0.15) is 17.3 Å². The molecular weight excluding hydrogens is 371 g/mol. The van der Waals surface area contributed by atoms with Crippen molar-refractivity contribution in [1.82, 2.24) is 10.3 Å². The van der Waals surface area contributed by atoms with Gasteiger partial charge in [0.2, 0.25) is 0 Å². The van der Waals surface area contributed by atoms with Crippen LogP contribution in [-0.4, -0.2) is 53.0 Å². The standard InChI is InChI=1S/C14H17N3O3.C2HF3O2/c1-20-8-2-3-11-9(5-8)10-4-7(6-15)16-13(14(18)19)12(10)17-11;3-2(4,5)1(6)7/h2-3,5,7,13,16-17H,4,6,15H2,1H3,(H,18,19);(H,6,7). The Hall–Kier alpha value is -2.79. The summed E-state index contributed by atoms with van der Waals surface area (Å²) < 4.78 is 37.0. The summed E-state index contributed by atoms with van der Waals surface area (Å²) in [4.78, 5) is 23.5. The lowest BCUT2D eigenvalue weighted by atomic mass is 9.94. The average molecular weight is 389 g/mol. The van der Waals surface area contributed by atoms with Gasteiger partial charge in [0.05, 0.1) is 7.11 Å². The molecule has 2 aromatic rings. The molecule has 3 rings (SSSR count). The largest absolute Gasteiger partial charge is 0.497 e. The summed E-state index contributed by atoms with van der Waals surface area (Å²) in [5, 5.41) is 20.6. The SMILES string of the molecule is COc1ccc2[nH]c3c(c2c1)CC(CN)NC3C(=O)O.O=C(O)C(F)(F)F. The Labute approximate surface area is 151 Å². The number of aliphatic carboxylic acids is 2. The van der Waals surface area contributed by atoms with Crippen LogP contribution >= 0.6 is 0 Å². The van der Waals surface area contributed by atoms with Crippen LogP contribution in [0.15, 0.2) is 18.2 Å². The summed E-state index contributed by atoms with van der Waals surface area (Å²) >= 11 is 0. The Balaban J connectivity index is 0.000000321. The second-order valence-electron chi connectivity index (χ2n) is 5.81. The Morgan fingerprint density at radius 1 is 1.33 bits per heavy atom. The number of benzene rings is 1. The fraction of sp³-hybridized carbons (Fsp3) is 0.375. The Morgan fingerprint density at radius 2 is 1.96 bits per heavy atom. The Morgan fingerprint density at radius 3 is 2.44 bits per heavy atom. The number of aromatic nitrogens is 1. The lowest BCUT2D eigenvalue weighted by Crippen LogP contribution is -2.46. The quantitative estimate of drug-likeness (QED) is 0.535. The molecule has 0 aliphatic carbocycles. The maximum Gasteiger partial charge on any atom is 0.490 e. The number of methoxy groups -OCH3 is 1. The summed E-state index contributed by atoms with van der Waals surface area (Å²) in [6.45, 7) is 0.403. The maximum absolute atomic E-state index is 11.4. The van der Waals surface area contributed by atoms with E-state index in [-0.39, 0.29) is 6.04 Å². The molecule has 2 unspecified atom stereocenters. The lowest BCUT2D eigenvalue weighted by Gasteiger charge is -2.28. The lowest BCUT2D eigenvalue weighted by molar-refractivity contribution is -0.192. The van der Waals surface area contributed by atoms with Gasteiger partial charge in [0, 0.05) is 29.2 Å². The van der Waals surface area contributed by atoms with E-state index in [1.807, 2.05) is 18.2 Å². The fourth-order valence-electron chi connectivity index (χ4n) is 2.81. The van der Waals surface area contributed by atoms with Crippen molar-refractivity contribution in [2.75, 3.05) is 13.7 Å². The van der Waals surface area contributed by atoms with Gasteiger partial charge in [0.1, 0.15) is 11.8 Å². The normalized spacial score (nSPS) is 19.0. The van der Waals surface area contributed by atoms with Gasteiger partial charge in [-0.25, -0.2) is 4.79 Å². The third-order valence-corrected chi connectivity index (χ3v) is 4.06. The second-order valence-corrected chi connectivity index (χ2v) is 5.81. The predicted octanol–water partition coefficient (Wildman–Crippen LogP) is 1.41.